The molecule has 0 bridgehead atoms. The van der Waals surface area contributed by atoms with Crippen molar-refractivity contribution in [2.45, 2.75) is 6.54 Å². The highest BCUT2D eigenvalue weighted by Gasteiger charge is 2.08. The largest absolute Gasteiger partial charge is 0.476 e. The van der Waals surface area contributed by atoms with E-state index in [1.807, 2.05) is 0 Å². The van der Waals surface area contributed by atoms with Gasteiger partial charge in [0.1, 0.15) is 5.82 Å². The lowest BCUT2D eigenvalue weighted by atomic mass is 10.5. The number of rotatable bonds is 5. The van der Waals surface area contributed by atoms with Gasteiger partial charge in [-0.25, -0.2) is 9.48 Å². The number of hydrogen-bond donors (Lipinski definition) is 2. The average molecular weight is 275 g/mol. The molecule has 0 aromatic carbocycles. The summed E-state index contributed by atoms with van der Waals surface area (Å²) in [4.78, 5) is 14.7. The van der Waals surface area contributed by atoms with Gasteiger partial charge in [-0.1, -0.05) is 5.21 Å². The van der Waals surface area contributed by atoms with Gasteiger partial charge >= 0.3 is 5.97 Å². The summed E-state index contributed by atoms with van der Waals surface area (Å²) >= 11 is 0. The lowest BCUT2D eigenvalue weighted by Crippen LogP contribution is -2.13. The average Bonchev–Trinajstić information content (AvgIpc) is 3.07. The third kappa shape index (κ3) is 2.23. The molecule has 0 atom stereocenters. The van der Waals surface area contributed by atoms with Gasteiger partial charge in [0.25, 0.3) is 0 Å². The fraction of sp³-hybridized carbons (Fsp3) is 0.222. The van der Waals surface area contributed by atoms with Gasteiger partial charge in [0, 0.05) is 6.54 Å². The molecule has 0 saturated heterocycles. The standard InChI is InChI=1S/C9H9N9O2/c19-9(20)6-5-17(15-12-6)2-1-11-7-3-10-4-8-13-14-16-18(7)8/h3-5,11H,1-2H2,(H,19,20). The molecule has 3 aromatic rings. The summed E-state index contributed by atoms with van der Waals surface area (Å²) < 4.78 is 2.95. The van der Waals surface area contributed by atoms with Crippen molar-refractivity contribution in [3.8, 4) is 0 Å². The number of aromatic nitrogens is 8. The van der Waals surface area contributed by atoms with Crippen LogP contribution in [0.25, 0.3) is 5.65 Å². The second-order valence-corrected chi connectivity index (χ2v) is 3.84. The predicted octanol–water partition coefficient (Wildman–Crippen LogP) is -1.08. The first-order valence-corrected chi connectivity index (χ1v) is 5.63. The molecule has 102 valence electrons. The van der Waals surface area contributed by atoms with Crippen molar-refractivity contribution in [3.63, 3.8) is 0 Å². The molecule has 20 heavy (non-hydrogen) atoms. The number of anilines is 1. The molecule has 11 nitrogen and oxygen atoms in total. The molecule has 0 aliphatic heterocycles. The smallest absolute Gasteiger partial charge is 0.358 e. The zero-order valence-electron chi connectivity index (χ0n) is 10.1. The summed E-state index contributed by atoms with van der Waals surface area (Å²) in [5, 5.41) is 30.2. The molecule has 0 aliphatic rings. The fourth-order valence-corrected chi connectivity index (χ4v) is 1.60. The molecule has 3 heterocycles. The topological polar surface area (TPSA) is 136 Å². The molecular formula is C9H9N9O2. The third-order valence-corrected chi connectivity index (χ3v) is 2.51. The van der Waals surface area contributed by atoms with Crippen LogP contribution in [0.4, 0.5) is 5.82 Å². The zero-order chi connectivity index (χ0) is 13.9. The Labute approximate surface area is 111 Å². The van der Waals surface area contributed by atoms with E-state index in [1.54, 1.807) is 12.4 Å². The van der Waals surface area contributed by atoms with Crippen molar-refractivity contribution in [3.05, 3.63) is 24.3 Å². The number of carbonyl (C=O) groups is 1. The van der Waals surface area contributed by atoms with Gasteiger partial charge in [-0.3, -0.25) is 4.98 Å². The summed E-state index contributed by atoms with van der Waals surface area (Å²) in [6.45, 7) is 0.932. The van der Waals surface area contributed by atoms with Crippen LogP contribution in [0.3, 0.4) is 0 Å². The van der Waals surface area contributed by atoms with Gasteiger partial charge in [0.15, 0.2) is 11.3 Å². The van der Waals surface area contributed by atoms with Crippen LogP contribution in [0.15, 0.2) is 18.6 Å². The Kier molecular flexibility index (Phi) is 2.91. The number of aromatic carboxylic acids is 1. The molecule has 0 saturated carbocycles. The van der Waals surface area contributed by atoms with Crippen LogP contribution < -0.4 is 5.32 Å². The van der Waals surface area contributed by atoms with Gasteiger partial charge in [-0.15, -0.1) is 10.2 Å². The summed E-state index contributed by atoms with van der Waals surface area (Å²) in [5.74, 6) is -0.474. The van der Waals surface area contributed by atoms with Gasteiger partial charge in [-0.05, 0) is 10.4 Å². The van der Waals surface area contributed by atoms with E-state index >= 15 is 0 Å². The maximum absolute atomic E-state index is 10.7. The molecule has 0 aliphatic carbocycles. The van der Waals surface area contributed by atoms with Gasteiger partial charge in [0.2, 0.25) is 0 Å². The second kappa shape index (κ2) is 4.87. The number of carboxylic acid groups (broad SMARTS) is 1. The van der Waals surface area contributed by atoms with Crippen molar-refractivity contribution >= 4 is 17.4 Å². The van der Waals surface area contributed by atoms with Crippen LogP contribution in [0.5, 0.6) is 0 Å². The highest BCUT2D eigenvalue weighted by molar-refractivity contribution is 5.84. The van der Waals surface area contributed by atoms with Crippen LogP contribution in [0.1, 0.15) is 10.5 Å². The highest BCUT2D eigenvalue weighted by Crippen LogP contribution is 2.05. The van der Waals surface area contributed by atoms with Crippen molar-refractivity contribution in [2.24, 2.45) is 0 Å². The monoisotopic (exact) mass is 275 g/mol. The van der Waals surface area contributed by atoms with Crippen molar-refractivity contribution < 1.29 is 9.90 Å². The molecule has 11 heteroatoms. The Morgan fingerprint density at radius 3 is 3.00 bits per heavy atom. The van der Waals surface area contributed by atoms with E-state index < -0.39 is 5.97 Å². The maximum atomic E-state index is 10.7. The van der Waals surface area contributed by atoms with E-state index in [2.05, 4.69) is 36.1 Å². The summed E-state index contributed by atoms with van der Waals surface area (Å²) in [5.41, 5.74) is 0.443. The lowest BCUT2D eigenvalue weighted by Gasteiger charge is -2.06. The molecule has 0 amide bonds. The Morgan fingerprint density at radius 1 is 1.30 bits per heavy atom. The Morgan fingerprint density at radius 2 is 2.20 bits per heavy atom. The molecule has 3 rings (SSSR count). The second-order valence-electron chi connectivity index (χ2n) is 3.84. The maximum Gasteiger partial charge on any atom is 0.358 e. The summed E-state index contributed by atoms with van der Waals surface area (Å²) in [6, 6.07) is 0. The number of carboxylic acids is 1. The van der Waals surface area contributed by atoms with Crippen molar-refractivity contribution in [1.29, 1.82) is 0 Å². The molecule has 0 radical (unpaired) electrons. The minimum atomic E-state index is -1.10. The molecular weight excluding hydrogens is 266 g/mol. The zero-order valence-corrected chi connectivity index (χ0v) is 10.1. The van der Waals surface area contributed by atoms with E-state index in [1.165, 1.54) is 15.4 Å². The van der Waals surface area contributed by atoms with Gasteiger partial charge in [0.05, 0.1) is 25.1 Å². The number of hydrogen-bond acceptors (Lipinski definition) is 8. The summed E-state index contributed by atoms with van der Waals surface area (Å²) in [6.07, 6.45) is 4.50. The minimum Gasteiger partial charge on any atom is -0.476 e. The van der Waals surface area contributed by atoms with E-state index in [0.717, 1.165) is 0 Å². The van der Waals surface area contributed by atoms with Crippen LogP contribution in [-0.4, -0.2) is 57.6 Å². The Balaban J connectivity index is 1.64. The predicted molar refractivity (Wildman–Crippen MR) is 64.0 cm³/mol. The molecule has 2 N–H and O–H groups in total. The first-order valence-electron chi connectivity index (χ1n) is 5.63. The lowest BCUT2D eigenvalue weighted by molar-refractivity contribution is 0.0690. The third-order valence-electron chi connectivity index (χ3n) is 2.51. The SMILES string of the molecule is O=C(O)c1cn(CCNc2cncc3nnnn23)nn1. The van der Waals surface area contributed by atoms with Crippen molar-refractivity contribution in [1.82, 2.24) is 40.0 Å². The van der Waals surface area contributed by atoms with Crippen LogP contribution in [-0.2, 0) is 6.54 Å². The number of tetrazole rings is 1. The first-order chi connectivity index (χ1) is 9.74. The Bertz CT molecular complexity index is 749. The van der Waals surface area contributed by atoms with Crippen LogP contribution in [0.2, 0.25) is 0 Å². The minimum absolute atomic E-state index is 0.0887. The summed E-state index contributed by atoms with van der Waals surface area (Å²) in [7, 11) is 0. The molecule has 0 fully saturated rings. The first kappa shape index (κ1) is 12.0. The number of fused-ring (bicyclic) bond motifs is 1. The van der Waals surface area contributed by atoms with Crippen LogP contribution >= 0.6 is 0 Å². The van der Waals surface area contributed by atoms with Crippen LogP contribution in [0, 0.1) is 0 Å². The highest BCUT2D eigenvalue weighted by atomic mass is 16.4. The molecule has 0 spiro atoms. The fourth-order valence-electron chi connectivity index (χ4n) is 1.60. The number of nitrogens with one attached hydrogen (secondary N) is 1. The number of nitrogens with zero attached hydrogens (tertiary/aromatic N) is 8. The molecule has 3 aromatic heterocycles. The van der Waals surface area contributed by atoms with Gasteiger partial charge in [-0.2, -0.15) is 4.52 Å². The van der Waals surface area contributed by atoms with E-state index in [0.29, 0.717) is 24.6 Å². The molecule has 0 unspecified atom stereocenters. The van der Waals surface area contributed by atoms with E-state index in [9.17, 15) is 4.79 Å². The van der Waals surface area contributed by atoms with Gasteiger partial charge < -0.3 is 10.4 Å². The Hall–Kier alpha value is -3.11. The quantitative estimate of drug-likeness (QED) is 0.595. The van der Waals surface area contributed by atoms with E-state index in [4.69, 9.17) is 5.11 Å². The van der Waals surface area contributed by atoms with E-state index in [-0.39, 0.29) is 5.69 Å². The normalized spacial score (nSPS) is 10.8. The van der Waals surface area contributed by atoms with Crippen molar-refractivity contribution in [2.75, 3.05) is 11.9 Å².